The maximum absolute atomic E-state index is 10.3. The number of phenols is 1. The molecule has 0 aliphatic heterocycles. The van der Waals surface area contributed by atoms with Gasteiger partial charge in [-0.25, -0.2) is 15.0 Å². The number of aromatic hydroxyl groups is 1. The number of hydrogen-bond donors (Lipinski definition) is 3. The smallest absolute Gasteiger partial charge is 0.227 e. The van der Waals surface area contributed by atoms with E-state index in [1.165, 1.54) is 11.3 Å². The van der Waals surface area contributed by atoms with Gasteiger partial charge < -0.3 is 30.1 Å². The molecule has 9 nitrogen and oxygen atoms in total. The molecule has 2 aromatic carbocycles. The number of benzene rings is 2. The van der Waals surface area contributed by atoms with Gasteiger partial charge in [0.1, 0.15) is 23.9 Å². The van der Waals surface area contributed by atoms with E-state index < -0.39 is 0 Å². The first-order valence-corrected chi connectivity index (χ1v) is 13.4. The summed E-state index contributed by atoms with van der Waals surface area (Å²) in [5.74, 6) is 1.70. The molecule has 0 spiro atoms. The fourth-order valence-electron chi connectivity index (χ4n) is 3.70. The Labute approximate surface area is 230 Å². The number of thiazole rings is 1. The lowest BCUT2D eigenvalue weighted by atomic mass is 10.1. The molecule has 0 radical (unpaired) electrons. The summed E-state index contributed by atoms with van der Waals surface area (Å²) in [6, 6.07) is 12.9. The Hall–Kier alpha value is -3.60. The SMILES string of the molecule is COc1cc(O)cc(-c2nc(NC3CC3)sc2-c2ccnc(Nc3ccc(OCCN(C)C)c(Cl)c3)n2)c1. The van der Waals surface area contributed by atoms with E-state index in [1.54, 1.807) is 31.5 Å². The monoisotopic (exact) mass is 552 g/mol. The van der Waals surface area contributed by atoms with Crippen LogP contribution >= 0.6 is 22.9 Å². The van der Waals surface area contributed by atoms with E-state index in [2.05, 4.69) is 15.6 Å². The molecule has 2 aromatic heterocycles. The van der Waals surface area contributed by atoms with Crippen LogP contribution in [-0.2, 0) is 0 Å². The van der Waals surface area contributed by atoms with Gasteiger partial charge >= 0.3 is 0 Å². The van der Waals surface area contributed by atoms with E-state index in [0.29, 0.717) is 46.5 Å². The zero-order valence-electron chi connectivity index (χ0n) is 21.4. The van der Waals surface area contributed by atoms with Crippen molar-refractivity contribution in [2.24, 2.45) is 0 Å². The lowest BCUT2D eigenvalue weighted by Gasteiger charge is -2.13. The average Bonchev–Trinajstić information content (AvgIpc) is 3.60. The number of phenolic OH excluding ortho intramolecular Hbond substituents is 1. The number of likely N-dealkylation sites (N-methyl/N-ethyl adjacent to an activating group) is 1. The Morgan fingerprint density at radius 3 is 2.71 bits per heavy atom. The van der Waals surface area contributed by atoms with Crippen LogP contribution in [0.3, 0.4) is 0 Å². The highest BCUT2D eigenvalue weighted by molar-refractivity contribution is 7.19. The van der Waals surface area contributed by atoms with Gasteiger partial charge in [-0.3, -0.25) is 0 Å². The summed E-state index contributed by atoms with van der Waals surface area (Å²) in [6.07, 6.45) is 3.97. The highest BCUT2D eigenvalue weighted by Crippen LogP contribution is 2.42. The fraction of sp³-hybridized carbons (Fsp3) is 0.296. The second-order valence-electron chi connectivity index (χ2n) is 9.22. The maximum Gasteiger partial charge on any atom is 0.227 e. The minimum atomic E-state index is 0.103. The van der Waals surface area contributed by atoms with Crippen LogP contribution in [0.4, 0.5) is 16.8 Å². The van der Waals surface area contributed by atoms with Gasteiger partial charge in [-0.2, -0.15) is 0 Å². The maximum atomic E-state index is 10.3. The Morgan fingerprint density at radius 1 is 1.13 bits per heavy atom. The van der Waals surface area contributed by atoms with Gasteiger partial charge in [0, 0.05) is 36.1 Å². The minimum Gasteiger partial charge on any atom is -0.508 e. The van der Waals surface area contributed by atoms with E-state index in [4.69, 9.17) is 31.0 Å². The minimum absolute atomic E-state index is 0.103. The lowest BCUT2D eigenvalue weighted by molar-refractivity contribution is 0.261. The zero-order chi connectivity index (χ0) is 26.6. The number of methoxy groups -OCH3 is 1. The van der Waals surface area contributed by atoms with Crippen LogP contribution in [0.2, 0.25) is 5.02 Å². The molecule has 0 atom stereocenters. The number of rotatable bonds is 11. The molecule has 11 heteroatoms. The van der Waals surface area contributed by atoms with E-state index in [1.807, 2.05) is 43.3 Å². The average molecular weight is 553 g/mol. The van der Waals surface area contributed by atoms with Crippen LogP contribution in [0.15, 0.2) is 48.7 Å². The number of ether oxygens (including phenoxy) is 2. The van der Waals surface area contributed by atoms with Gasteiger partial charge in [0.05, 0.1) is 28.4 Å². The predicted molar refractivity (Wildman–Crippen MR) is 152 cm³/mol. The number of hydrogen-bond acceptors (Lipinski definition) is 10. The molecule has 198 valence electrons. The van der Waals surface area contributed by atoms with E-state index in [9.17, 15) is 5.11 Å². The highest BCUT2D eigenvalue weighted by Gasteiger charge is 2.25. The molecule has 1 fully saturated rings. The van der Waals surface area contributed by atoms with Gasteiger partial charge in [-0.05, 0) is 63.3 Å². The van der Waals surface area contributed by atoms with Crippen molar-refractivity contribution in [1.29, 1.82) is 0 Å². The van der Waals surface area contributed by atoms with Crippen molar-refractivity contribution in [2.75, 3.05) is 45.0 Å². The standard InChI is InChI=1S/C27H29ClN6O3S/c1-34(2)10-11-37-23-7-6-18(14-21(23)28)30-26-29-9-8-22(32-26)25-24(33-27(38-25)31-17-4-5-17)16-12-19(35)15-20(13-16)36-3/h6-9,12-15,17,35H,4-5,10-11H2,1-3H3,(H,31,33)(H,29,30,32). The van der Waals surface area contributed by atoms with Crippen molar-refractivity contribution in [2.45, 2.75) is 18.9 Å². The van der Waals surface area contributed by atoms with Crippen LogP contribution in [-0.4, -0.2) is 65.4 Å². The summed E-state index contributed by atoms with van der Waals surface area (Å²) in [5.41, 5.74) is 2.89. The van der Waals surface area contributed by atoms with Gasteiger partial charge in [-0.15, -0.1) is 0 Å². The molecular formula is C27H29ClN6O3S. The quantitative estimate of drug-likeness (QED) is 0.210. The first kappa shape index (κ1) is 26.0. The predicted octanol–water partition coefficient (Wildman–Crippen LogP) is 5.89. The summed E-state index contributed by atoms with van der Waals surface area (Å²) >= 11 is 7.97. The van der Waals surface area contributed by atoms with Crippen molar-refractivity contribution in [1.82, 2.24) is 19.9 Å². The molecule has 5 rings (SSSR count). The molecule has 1 aliphatic carbocycles. The zero-order valence-corrected chi connectivity index (χ0v) is 22.9. The Balaban J connectivity index is 1.42. The molecule has 1 aliphatic rings. The number of nitrogens with one attached hydrogen (secondary N) is 2. The van der Waals surface area contributed by atoms with Crippen LogP contribution in [0, 0.1) is 0 Å². The molecule has 4 aromatic rings. The third-order valence-corrected chi connectivity index (χ3v) is 7.11. The summed E-state index contributed by atoms with van der Waals surface area (Å²) < 4.78 is 11.1. The number of anilines is 3. The van der Waals surface area contributed by atoms with Crippen LogP contribution in [0.1, 0.15) is 12.8 Å². The molecule has 0 amide bonds. The van der Waals surface area contributed by atoms with Gasteiger partial charge in [0.2, 0.25) is 5.95 Å². The molecule has 0 bridgehead atoms. The van der Waals surface area contributed by atoms with Crippen molar-refractivity contribution in [3.8, 4) is 39.1 Å². The molecule has 0 saturated heterocycles. The van der Waals surface area contributed by atoms with Crippen LogP contribution in [0.25, 0.3) is 21.8 Å². The van der Waals surface area contributed by atoms with Crippen molar-refractivity contribution in [3.05, 3.63) is 53.7 Å². The van der Waals surface area contributed by atoms with E-state index in [0.717, 1.165) is 40.6 Å². The third-order valence-electron chi connectivity index (χ3n) is 5.80. The Morgan fingerprint density at radius 2 is 1.97 bits per heavy atom. The van der Waals surface area contributed by atoms with Crippen molar-refractivity contribution >= 4 is 39.7 Å². The van der Waals surface area contributed by atoms with Gasteiger partial charge in [-0.1, -0.05) is 22.9 Å². The second-order valence-corrected chi connectivity index (χ2v) is 10.6. The van der Waals surface area contributed by atoms with Crippen molar-refractivity contribution < 1.29 is 14.6 Å². The van der Waals surface area contributed by atoms with E-state index in [-0.39, 0.29) is 5.75 Å². The fourth-order valence-corrected chi connectivity index (χ4v) is 4.97. The molecule has 2 heterocycles. The highest BCUT2D eigenvalue weighted by atomic mass is 35.5. The largest absolute Gasteiger partial charge is 0.508 e. The summed E-state index contributed by atoms with van der Waals surface area (Å²) in [6.45, 7) is 1.34. The topological polar surface area (TPSA) is 105 Å². The molecule has 0 unspecified atom stereocenters. The Bertz CT molecular complexity index is 1430. The van der Waals surface area contributed by atoms with E-state index >= 15 is 0 Å². The van der Waals surface area contributed by atoms with Crippen LogP contribution in [0.5, 0.6) is 17.2 Å². The summed E-state index contributed by atoms with van der Waals surface area (Å²) in [7, 11) is 5.55. The molecule has 38 heavy (non-hydrogen) atoms. The van der Waals surface area contributed by atoms with Crippen LogP contribution < -0.4 is 20.1 Å². The van der Waals surface area contributed by atoms with Gasteiger partial charge in [0.15, 0.2) is 5.13 Å². The molecular weight excluding hydrogens is 524 g/mol. The first-order valence-electron chi connectivity index (χ1n) is 12.2. The lowest BCUT2D eigenvalue weighted by Crippen LogP contribution is -2.19. The molecule has 1 saturated carbocycles. The third kappa shape index (κ3) is 6.45. The normalized spacial score (nSPS) is 13.0. The second kappa shape index (κ2) is 11.4. The number of aromatic nitrogens is 3. The Kier molecular flexibility index (Phi) is 7.82. The summed E-state index contributed by atoms with van der Waals surface area (Å²) in [4.78, 5) is 16.9. The number of nitrogens with zero attached hydrogens (tertiary/aromatic N) is 4. The van der Waals surface area contributed by atoms with Crippen molar-refractivity contribution in [3.63, 3.8) is 0 Å². The van der Waals surface area contributed by atoms with Gasteiger partial charge in [0.25, 0.3) is 0 Å². The summed E-state index contributed by atoms with van der Waals surface area (Å²) in [5, 5.41) is 18.3. The molecule has 3 N–H and O–H groups in total. The first-order chi connectivity index (χ1) is 18.4. The number of halogens is 1.